The normalized spacial score (nSPS) is 19.3. The molecule has 1 nitrogen and oxygen atoms in total. The van der Waals surface area contributed by atoms with Gasteiger partial charge in [0.15, 0.2) is 0 Å². The van der Waals surface area contributed by atoms with Gasteiger partial charge in [-0.15, -0.1) is 0 Å². The molecule has 0 aromatic heterocycles. The molecule has 100 valence electrons. The predicted octanol–water partition coefficient (Wildman–Crippen LogP) is 4.31. The summed E-state index contributed by atoms with van der Waals surface area (Å²) < 4.78 is 65.0. The van der Waals surface area contributed by atoms with Gasteiger partial charge in [0.1, 0.15) is 0 Å². The average molecular weight is 330 g/mol. The highest BCUT2D eigenvalue weighted by atomic mass is 79.9. The summed E-state index contributed by atoms with van der Waals surface area (Å²) >= 11 is 3.06. The van der Waals surface area contributed by atoms with Crippen LogP contribution in [0, 0.1) is 0 Å². The van der Waals surface area contributed by atoms with E-state index >= 15 is 0 Å². The third-order valence-corrected chi connectivity index (χ3v) is 3.27. The van der Waals surface area contributed by atoms with Crippen LogP contribution in [-0.4, -0.2) is 19.0 Å². The standard InChI is InChI=1S/C11H9BrF5N/c12-7-1-2-8(11(15,16)17)9(5-7)18-4-3-10(13,14)6-18/h1-2,5H,3-4,6H2. The van der Waals surface area contributed by atoms with Crippen molar-refractivity contribution in [1.82, 2.24) is 0 Å². The van der Waals surface area contributed by atoms with Crippen molar-refractivity contribution in [2.45, 2.75) is 18.5 Å². The first-order valence-corrected chi connectivity index (χ1v) is 5.98. The SMILES string of the molecule is FC1(F)CCN(c2cc(Br)ccc2C(F)(F)F)C1. The molecule has 0 aliphatic carbocycles. The number of halogens is 6. The number of hydrogen-bond acceptors (Lipinski definition) is 1. The van der Waals surface area contributed by atoms with Crippen LogP contribution in [-0.2, 0) is 6.18 Å². The van der Waals surface area contributed by atoms with Crippen LogP contribution in [0.5, 0.6) is 0 Å². The van der Waals surface area contributed by atoms with Gasteiger partial charge in [0.2, 0.25) is 0 Å². The highest BCUT2D eigenvalue weighted by molar-refractivity contribution is 9.10. The fourth-order valence-corrected chi connectivity index (χ4v) is 2.30. The molecule has 1 aliphatic rings. The van der Waals surface area contributed by atoms with Crippen LogP contribution in [0.2, 0.25) is 0 Å². The quantitative estimate of drug-likeness (QED) is 0.694. The van der Waals surface area contributed by atoms with Gasteiger partial charge in [-0.25, -0.2) is 8.78 Å². The summed E-state index contributed by atoms with van der Waals surface area (Å²) in [5.41, 5.74) is -1.09. The van der Waals surface area contributed by atoms with Gasteiger partial charge in [-0.2, -0.15) is 13.2 Å². The van der Waals surface area contributed by atoms with Crippen molar-refractivity contribution in [2.75, 3.05) is 18.0 Å². The fourth-order valence-electron chi connectivity index (χ4n) is 1.95. The zero-order chi connectivity index (χ0) is 13.6. The van der Waals surface area contributed by atoms with E-state index in [0.29, 0.717) is 4.47 Å². The maximum absolute atomic E-state index is 13.1. The molecule has 0 N–H and O–H groups in total. The molecule has 7 heteroatoms. The van der Waals surface area contributed by atoms with E-state index in [9.17, 15) is 22.0 Å². The monoisotopic (exact) mass is 329 g/mol. The van der Waals surface area contributed by atoms with Gasteiger partial charge in [0.25, 0.3) is 5.92 Å². The molecule has 2 rings (SSSR count). The summed E-state index contributed by atoms with van der Waals surface area (Å²) in [6, 6.07) is 3.38. The molecule has 0 atom stereocenters. The lowest BCUT2D eigenvalue weighted by Crippen LogP contribution is -2.27. The first-order chi connectivity index (χ1) is 8.19. The third-order valence-electron chi connectivity index (χ3n) is 2.78. The van der Waals surface area contributed by atoms with Crippen molar-refractivity contribution in [1.29, 1.82) is 0 Å². The van der Waals surface area contributed by atoms with Crippen LogP contribution < -0.4 is 4.90 Å². The predicted molar refractivity (Wildman–Crippen MR) is 60.9 cm³/mol. The molecule has 1 aromatic rings. The van der Waals surface area contributed by atoms with E-state index in [1.54, 1.807) is 0 Å². The van der Waals surface area contributed by atoms with Crippen molar-refractivity contribution in [2.24, 2.45) is 0 Å². The molecule has 1 aromatic carbocycles. The topological polar surface area (TPSA) is 3.24 Å². The molecule has 0 unspecified atom stereocenters. The fraction of sp³-hybridized carbons (Fsp3) is 0.455. The van der Waals surface area contributed by atoms with E-state index in [1.165, 1.54) is 12.1 Å². The van der Waals surface area contributed by atoms with E-state index in [0.717, 1.165) is 11.0 Å². The summed E-state index contributed by atoms with van der Waals surface area (Å²) in [4.78, 5) is 1.08. The molecule has 1 heterocycles. The van der Waals surface area contributed by atoms with Crippen LogP contribution in [0.1, 0.15) is 12.0 Å². The van der Waals surface area contributed by atoms with Crippen LogP contribution in [0.4, 0.5) is 27.6 Å². The third kappa shape index (κ3) is 2.76. The Labute approximate surface area is 109 Å². The largest absolute Gasteiger partial charge is 0.418 e. The van der Waals surface area contributed by atoms with Gasteiger partial charge >= 0.3 is 6.18 Å². The summed E-state index contributed by atoms with van der Waals surface area (Å²) in [6.45, 7) is -0.751. The summed E-state index contributed by atoms with van der Waals surface area (Å²) in [7, 11) is 0. The smallest absolute Gasteiger partial charge is 0.365 e. The molecule has 0 bridgehead atoms. The molecular formula is C11H9BrF5N. The van der Waals surface area contributed by atoms with Gasteiger partial charge in [0, 0.05) is 17.4 Å². The molecule has 0 spiro atoms. The number of nitrogens with zero attached hydrogens (tertiary/aromatic N) is 1. The molecule has 0 radical (unpaired) electrons. The van der Waals surface area contributed by atoms with Crippen LogP contribution in [0.3, 0.4) is 0 Å². The second kappa shape index (κ2) is 4.36. The second-order valence-electron chi connectivity index (χ2n) is 4.19. The van der Waals surface area contributed by atoms with Gasteiger partial charge in [-0.1, -0.05) is 15.9 Å². The van der Waals surface area contributed by atoms with Crippen molar-refractivity contribution in [3.05, 3.63) is 28.2 Å². The summed E-state index contributed by atoms with van der Waals surface area (Å²) in [5, 5.41) is 0. The maximum atomic E-state index is 13.1. The van der Waals surface area contributed by atoms with E-state index in [4.69, 9.17) is 0 Å². The lowest BCUT2D eigenvalue weighted by molar-refractivity contribution is -0.137. The Morgan fingerprint density at radius 1 is 1.22 bits per heavy atom. The lowest BCUT2D eigenvalue weighted by Gasteiger charge is -2.23. The zero-order valence-electron chi connectivity index (χ0n) is 9.07. The Bertz CT molecular complexity index is 457. The Balaban J connectivity index is 2.41. The Morgan fingerprint density at radius 2 is 1.89 bits per heavy atom. The van der Waals surface area contributed by atoms with Crippen molar-refractivity contribution in [3.8, 4) is 0 Å². The number of benzene rings is 1. The molecule has 1 aliphatic heterocycles. The first kappa shape index (κ1) is 13.6. The maximum Gasteiger partial charge on any atom is 0.418 e. The minimum absolute atomic E-state index is 0.0769. The Kier molecular flexibility index (Phi) is 3.29. The molecule has 0 amide bonds. The molecular weight excluding hydrogens is 321 g/mol. The van der Waals surface area contributed by atoms with E-state index in [1.807, 2.05) is 0 Å². The Morgan fingerprint density at radius 3 is 2.39 bits per heavy atom. The summed E-state index contributed by atoms with van der Waals surface area (Å²) in [6.07, 6.45) is -4.97. The second-order valence-corrected chi connectivity index (χ2v) is 5.10. The summed E-state index contributed by atoms with van der Waals surface area (Å²) in [5.74, 6) is -2.93. The Hall–Kier alpha value is -0.850. The van der Waals surface area contributed by atoms with Crippen LogP contribution in [0.25, 0.3) is 0 Å². The zero-order valence-corrected chi connectivity index (χ0v) is 10.7. The molecule has 1 fully saturated rings. The number of anilines is 1. The molecule has 1 saturated heterocycles. The van der Waals surface area contributed by atoms with E-state index in [-0.39, 0.29) is 12.2 Å². The molecule has 0 saturated carbocycles. The van der Waals surface area contributed by atoms with Gasteiger partial charge in [-0.05, 0) is 18.2 Å². The van der Waals surface area contributed by atoms with Gasteiger partial charge in [-0.3, -0.25) is 0 Å². The van der Waals surface area contributed by atoms with Gasteiger partial charge < -0.3 is 4.90 Å². The van der Waals surface area contributed by atoms with Crippen molar-refractivity contribution in [3.63, 3.8) is 0 Å². The number of rotatable bonds is 1. The highest BCUT2D eigenvalue weighted by Crippen LogP contribution is 2.41. The minimum Gasteiger partial charge on any atom is -0.365 e. The highest BCUT2D eigenvalue weighted by Gasteiger charge is 2.42. The number of alkyl halides is 5. The van der Waals surface area contributed by atoms with Crippen LogP contribution in [0.15, 0.2) is 22.7 Å². The lowest BCUT2D eigenvalue weighted by atomic mass is 10.1. The minimum atomic E-state index is -4.55. The van der Waals surface area contributed by atoms with E-state index in [2.05, 4.69) is 15.9 Å². The first-order valence-electron chi connectivity index (χ1n) is 5.19. The van der Waals surface area contributed by atoms with Crippen LogP contribution >= 0.6 is 15.9 Å². The molecule has 18 heavy (non-hydrogen) atoms. The average Bonchev–Trinajstić information content (AvgIpc) is 2.57. The van der Waals surface area contributed by atoms with Gasteiger partial charge in [0.05, 0.1) is 17.8 Å². The number of hydrogen-bond donors (Lipinski definition) is 0. The van der Waals surface area contributed by atoms with E-state index < -0.39 is 30.6 Å². The van der Waals surface area contributed by atoms with Crippen molar-refractivity contribution < 1.29 is 22.0 Å². The van der Waals surface area contributed by atoms with Crippen molar-refractivity contribution >= 4 is 21.6 Å².